The van der Waals surface area contributed by atoms with E-state index in [1.165, 1.54) is 24.7 Å². The van der Waals surface area contributed by atoms with Gasteiger partial charge in [-0.2, -0.15) is 33.0 Å². The second-order valence-corrected chi connectivity index (χ2v) is 7.44. The van der Waals surface area contributed by atoms with Crippen LogP contribution in [0.25, 0.3) is 11.5 Å². The number of nitrogens with one attached hydrogen (secondary N) is 1. The summed E-state index contributed by atoms with van der Waals surface area (Å²) in [5.41, 5.74) is -3.60. The van der Waals surface area contributed by atoms with Crippen LogP contribution < -0.4 is 10.2 Å². The van der Waals surface area contributed by atoms with Crippen LogP contribution in [0.2, 0.25) is 0 Å². The molecule has 0 saturated heterocycles. The Morgan fingerprint density at radius 2 is 1.97 bits per heavy atom. The van der Waals surface area contributed by atoms with Crippen molar-refractivity contribution in [3.8, 4) is 11.9 Å². The number of pyridine rings is 1. The fourth-order valence-electron chi connectivity index (χ4n) is 3.89. The number of nitriles is 1. The highest BCUT2D eigenvalue weighted by molar-refractivity contribution is 6.03. The lowest BCUT2D eigenvalue weighted by molar-refractivity contribution is -0.172. The number of alkyl halides is 3. The summed E-state index contributed by atoms with van der Waals surface area (Å²) < 4.78 is 57.5. The summed E-state index contributed by atoms with van der Waals surface area (Å²) in [5, 5.41) is 23.1. The minimum Gasteiger partial charge on any atom is -0.306 e. The van der Waals surface area contributed by atoms with E-state index in [9.17, 15) is 27.6 Å². The number of urea groups is 1. The molecule has 1 N–H and O–H groups in total. The Bertz CT molecular complexity index is 1520. The number of fused-ring (bicyclic) bond motifs is 3. The van der Waals surface area contributed by atoms with Crippen molar-refractivity contribution in [1.82, 2.24) is 34.6 Å². The number of anilines is 2. The molecule has 0 bridgehead atoms. The van der Waals surface area contributed by atoms with Crippen molar-refractivity contribution in [2.75, 3.05) is 16.8 Å². The molecular weight excluding hydrogens is 472 g/mol. The third-order valence-corrected chi connectivity index (χ3v) is 5.50. The Morgan fingerprint density at radius 1 is 1.23 bits per heavy atom. The predicted octanol–water partition coefficient (Wildman–Crippen LogP) is 2.75. The van der Waals surface area contributed by atoms with Gasteiger partial charge >= 0.3 is 12.2 Å². The summed E-state index contributed by atoms with van der Waals surface area (Å²) in [7, 11) is 0. The summed E-state index contributed by atoms with van der Waals surface area (Å²) in [6, 6.07) is 3.08. The fraction of sp³-hybridized carbons (Fsp3) is 0.150. The first-order chi connectivity index (χ1) is 16.7. The molecule has 0 spiro atoms. The lowest BCUT2D eigenvalue weighted by Crippen LogP contribution is -2.47. The molecule has 0 radical (unpaired) electrons. The van der Waals surface area contributed by atoms with E-state index in [1.807, 2.05) is 6.07 Å². The first-order valence-electron chi connectivity index (χ1n) is 9.79. The van der Waals surface area contributed by atoms with E-state index in [2.05, 4.69) is 37.2 Å². The normalized spacial score (nSPS) is 17.3. The standard InChI is InChI=1S/C20H12F4N10O/c1-2-19(20(22,23)24)10-32(13-9-26-15-6-14(21)31-33(15)16(13)19)18(35)30-12-5-11(7-25)17(27-8-12)34-28-3-4-29-34/h2-6,8-9H,1,10H2,(H,30,35)/t19-/m1/s1. The van der Waals surface area contributed by atoms with Gasteiger partial charge in [-0.15, -0.1) is 16.5 Å². The highest BCUT2D eigenvalue weighted by Crippen LogP contribution is 2.50. The number of aromatic nitrogens is 7. The number of carbonyl (C=O) groups is 1. The third-order valence-electron chi connectivity index (χ3n) is 5.50. The zero-order chi connectivity index (χ0) is 25.0. The van der Waals surface area contributed by atoms with Crippen LogP contribution >= 0.6 is 0 Å². The highest BCUT2D eigenvalue weighted by Gasteiger charge is 2.62. The van der Waals surface area contributed by atoms with Crippen LogP contribution in [0.1, 0.15) is 11.3 Å². The molecule has 4 aromatic heterocycles. The largest absolute Gasteiger partial charge is 0.405 e. The quantitative estimate of drug-likeness (QED) is 0.350. The maximum atomic E-state index is 14.3. The second-order valence-electron chi connectivity index (χ2n) is 7.44. The van der Waals surface area contributed by atoms with E-state index >= 15 is 0 Å². The molecule has 4 aromatic rings. The monoisotopic (exact) mass is 484 g/mol. The maximum Gasteiger partial charge on any atom is 0.405 e. The molecule has 0 saturated carbocycles. The van der Waals surface area contributed by atoms with Gasteiger partial charge < -0.3 is 5.32 Å². The molecular formula is C20H12F4N10O. The van der Waals surface area contributed by atoms with Crippen LogP contribution in [-0.2, 0) is 5.41 Å². The van der Waals surface area contributed by atoms with Gasteiger partial charge in [-0.3, -0.25) is 4.90 Å². The van der Waals surface area contributed by atoms with Gasteiger partial charge in [0, 0.05) is 6.07 Å². The zero-order valence-corrected chi connectivity index (χ0v) is 17.4. The lowest BCUT2D eigenvalue weighted by atomic mass is 9.85. The molecule has 5 heterocycles. The van der Waals surface area contributed by atoms with E-state index in [4.69, 9.17) is 0 Å². The Morgan fingerprint density at radius 3 is 2.63 bits per heavy atom. The average molecular weight is 484 g/mol. The van der Waals surface area contributed by atoms with Crippen LogP contribution in [0.3, 0.4) is 0 Å². The minimum atomic E-state index is -4.90. The van der Waals surface area contributed by atoms with Crippen molar-refractivity contribution in [3.63, 3.8) is 0 Å². The van der Waals surface area contributed by atoms with Gasteiger partial charge in [0.15, 0.2) is 11.5 Å². The third kappa shape index (κ3) is 3.26. The number of nitrogens with zero attached hydrogens (tertiary/aromatic N) is 9. The van der Waals surface area contributed by atoms with Crippen molar-refractivity contribution in [1.29, 1.82) is 5.26 Å². The van der Waals surface area contributed by atoms with Crippen molar-refractivity contribution in [2.45, 2.75) is 11.6 Å². The average Bonchev–Trinajstić information content (AvgIpc) is 3.55. The van der Waals surface area contributed by atoms with E-state index in [-0.39, 0.29) is 28.4 Å². The number of halogens is 4. The molecule has 0 aliphatic carbocycles. The summed E-state index contributed by atoms with van der Waals surface area (Å²) in [5.74, 6) is -0.937. The number of amides is 2. The van der Waals surface area contributed by atoms with E-state index < -0.39 is 35.8 Å². The zero-order valence-electron chi connectivity index (χ0n) is 17.4. The molecule has 1 aliphatic heterocycles. The number of hydrogen-bond donors (Lipinski definition) is 1. The highest BCUT2D eigenvalue weighted by atomic mass is 19.4. The first-order valence-corrected chi connectivity index (χ1v) is 9.79. The minimum absolute atomic E-state index is 0.00643. The molecule has 1 atom stereocenters. The van der Waals surface area contributed by atoms with Crippen LogP contribution in [0.15, 0.2) is 49.6 Å². The van der Waals surface area contributed by atoms with E-state index in [0.29, 0.717) is 10.6 Å². The molecule has 176 valence electrons. The number of rotatable bonds is 3. The maximum absolute atomic E-state index is 14.3. The second kappa shape index (κ2) is 7.58. The Hall–Kier alpha value is -4.87. The van der Waals surface area contributed by atoms with Crippen LogP contribution in [-0.4, -0.2) is 53.3 Å². The van der Waals surface area contributed by atoms with E-state index in [1.54, 1.807) is 0 Å². The van der Waals surface area contributed by atoms with E-state index in [0.717, 1.165) is 22.0 Å². The van der Waals surface area contributed by atoms with Crippen LogP contribution in [0.4, 0.5) is 33.7 Å². The topological polar surface area (TPSA) is 130 Å². The molecule has 5 rings (SSSR count). The van der Waals surface area contributed by atoms with Crippen molar-refractivity contribution < 1.29 is 22.4 Å². The van der Waals surface area contributed by atoms with Crippen LogP contribution in [0.5, 0.6) is 0 Å². The smallest absolute Gasteiger partial charge is 0.306 e. The first kappa shape index (κ1) is 21.9. The molecule has 35 heavy (non-hydrogen) atoms. The van der Waals surface area contributed by atoms with Gasteiger partial charge in [-0.05, 0) is 6.07 Å². The van der Waals surface area contributed by atoms with Gasteiger partial charge in [0.1, 0.15) is 17.0 Å². The molecule has 2 amide bonds. The van der Waals surface area contributed by atoms with Gasteiger partial charge in [0.05, 0.1) is 48.4 Å². The Balaban J connectivity index is 1.55. The molecule has 0 unspecified atom stereocenters. The number of carbonyl (C=O) groups excluding carboxylic acids is 1. The SMILES string of the molecule is C=C[C@@]1(C(F)(F)F)CN(C(=O)Nc2cnc(-n3nccn3)c(C#N)c2)c2cnc3cc(F)nn3c21. The van der Waals surface area contributed by atoms with Gasteiger partial charge in [0.25, 0.3) is 0 Å². The fourth-order valence-corrected chi connectivity index (χ4v) is 3.89. The summed E-state index contributed by atoms with van der Waals surface area (Å²) in [6.07, 6.45) is 0.748. The van der Waals surface area contributed by atoms with Crippen molar-refractivity contribution in [2.24, 2.45) is 0 Å². The molecule has 15 heteroatoms. The van der Waals surface area contributed by atoms with Gasteiger partial charge in [0.2, 0.25) is 5.95 Å². The Labute approximate surface area is 192 Å². The Kier molecular flexibility index (Phi) is 4.76. The summed E-state index contributed by atoms with van der Waals surface area (Å²) in [4.78, 5) is 23.0. The molecule has 0 fully saturated rings. The predicted molar refractivity (Wildman–Crippen MR) is 111 cm³/mol. The van der Waals surface area contributed by atoms with Gasteiger partial charge in [-0.1, -0.05) is 6.08 Å². The molecule has 11 nitrogen and oxygen atoms in total. The lowest BCUT2D eigenvalue weighted by Gasteiger charge is -2.29. The molecule has 1 aliphatic rings. The summed E-state index contributed by atoms with van der Waals surface area (Å²) in [6.45, 7) is 2.44. The summed E-state index contributed by atoms with van der Waals surface area (Å²) >= 11 is 0. The van der Waals surface area contributed by atoms with Crippen molar-refractivity contribution >= 4 is 23.1 Å². The number of hydrogen-bond acceptors (Lipinski definition) is 7. The van der Waals surface area contributed by atoms with Crippen LogP contribution in [0, 0.1) is 17.3 Å². The van der Waals surface area contributed by atoms with Crippen molar-refractivity contribution in [3.05, 3.63) is 66.8 Å². The van der Waals surface area contributed by atoms with Gasteiger partial charge in [-0.25, -0.2) is 19.3 Å². The molecule has 0 aromatic carbocycles.